The molecule has 1 aromatic carbocycles. The fraction of sp³-hybridized carbons (Fsp3) is 0.300. The molecule has 2 N–H and O–H groups in total. The van der Waals surface area contributed by atoms with Gasteiger partial charge in [0.05, 0.1) is 5.69 Å². The van der Waals surface area contributed by atoms with Gasteiger partial charge in [-0.05, 0) is 37.3 Å². The maximum atomic E-state index is 12.3. The zero-order valence-electron chi connectivity index (χ0n) is 15.1. The topological polar surface area (TPSA) is 92.9 Å². The van der Waals surface area contributed by atoms with E-state index >= 15 is 0 Å². The number of amides is 1. The molecule has 0 radical (unpaired) electrons. The Morgan fingerprint density at radius 2 is 1.96 bits per heavy atom. The third-order valence-electron chi connectivity index (χ3n) is 4.39. The summed E-state index contributed by atoms with van der Waals surface area (Å²) in [5, 5.41) is 10.1. The summed E-state index contributed by atoms with van der Waals surface area (Å²) in [4.78, 5) is 21.2. The highest BCUT2D eigenvalue weighted by molar-refractivity contribution is 5.92. The SMILES string of the molecule is Cc1cc(-c2cc(C(=O)NCc3ccccc3)on2)nc(NCC2CC2)n1. The number of rotatable bonds is 7. The van der Waals surface area contributed by atoms with Crippen molar-refractivity contribution in [2.24, 2.45) is 5.92 Å². The molecule has 1 amide bonds. The Morgan fingerprint density at radius 1 is 1.15 bits per heavy atom. The van der Waals surface area contributed by atoms with E-state index in [2.05, 4.69) is 25.8 Å². The quantitative estimate of drug-likeness (QED) is 0.670. The zero-order valence-corrected chi connectivity index (χ0v) is 15.1. The second-order valence-electron chi connectivity index (χ2n) is 6.79. The summed E-state index contributed by atoms with van der Waals surface area (Å²) in [6, 6.07) is 13.1. The zero-order chi connectivity index (χ0) is 18.6. The second-order valence-corrected chi connectivity index (χ2v) is 6.79. The fourth-order valence-corrected chi connectivity index (χ4v) is 2.70. The highest BCUT2D eigenvalue weighted by atomic mass is 16.5. The molecule has 4 rings (SSSR count). The lowest BCUT2D eigenvalue weighted by Gasteiger charge is -2.06. The molecule has 138 valence electrons. The van der Waals surface area contributed by atoms with Crippen molar-refractivity contribution >= 4 is 11.9 Å². The lowest BCUT2D eigenvalue weighted by molar-refractivity contribution is 0.0914. The smallest absolute Gasteiger partial charge is 0.290 e. The molecule has 27 heavy (non-hydrogen) atoms. The number of carbonyl (C=O) groups is 1. The molecule has 0 bridgehead atoms. The molecule has 3 aromatic rings. The van der Waals surface area contributed by atoms with E-state index in [1.807, 2.05) is 43.3 Å². The summed E-state index contributed by atoms with van der Waals surface area (Å²) in [6.07, 6.45) is 2.52. The summed E-state index contributed by atoms with van der Waals surface area (Å²) >= 11 is 0. The van der Waals surface area contributed by atoms with E-state index in [9.17, 15) is 4.79 Å². The van der Waals surface area contributed by atoms with Crippen molar-refractivity contribution in [3.8, 4) is 11.4 Å². The lowest BCUT2D eigenvalue weighted by Crippen LogP contribution is -2.22. The van der Waals surface area contributed by atoms with E-state index in [1.54, 1.807) is 6.07 Å². The van der Waals surface area contributed by atoms with Crippen molar-refractivity contribution in [3.05, 3.63) is 59.5 Å². The molecule has 1 saturated carbocycles. The molecule has 7 heteroatoms. The van der Waals surface area contributed by atoms with Crippen molar-refractivity contribution in [1.82, 2.24) is 20.4 Å². The highest BCUT2D eigenvalue weighted by Gasteiger charge is 2.21. The minimum atomic E-state index is -0.310. The number of aromatic nitrogens is 3. The van der Waals surface area contributed by atoms with Crippen LogP contribution < -0.4 is 10.6 Å². The average Bonchev–Trinajstić information content (AvgIpc) is 3.38. The van der Waals surface area contributed by atoms with Crippen LogP contribution in [0.5, 0.6) is 0 Å². The first-order chi connectivity index (χ1) is 13.2. The number of carbonyl (C=O) groups excluding carboxylic acids is 1. The van der Waals surface area contributed by atoms with Crippen LogP contribution in [-0.4, -0.2) is 27.6 Å². The van der Waals surface area contributed by atoms with Gasteiger partial charge >= 0.3 is 0 Å². The van der Waals surface area contributed by atoms with Crippen LogP contribution in [0.15, 0.2) is 47.0 Å². The van der Waals surface area contributed by atoms with E-state index in [0.717, 1.165) is 23.7 Å². The molecule has 0 unspecified atom stereocenters. The predicted molar refractivity (Wildman–Crippen MR) is 101 cm³/mol. The molecule has 1 fully saturated rings. The minimum absolute atomic E-state index is 0.157. The van der Waals surface area contributed by atoms with E-state index in [0.29, 0.717) is 23.9 Å². The van der Waals surface area contributed by atoms with Crippen LogP contribution in [0.2, 0.25) is 0 Å². The molecule has 0 aliphatic heterocycles. The Bertz CT molecular complexity index is 935. The van der Waals surface area contributed by atoms with Gasteiger partial charge in [-0.2, -0.15) is 0 Å². The third-order valence-corrected chi connectivity index (χ3v) is 4.39. The van der Waals surface area contributed by atoms with Gasteiger partial charge in [0.2, 0.25) is 11.7 Å². The minimum Gasteiger partial charge on any atom is -0.354 e. The Balaban J connectivity index is 1.44. The Hall–Kier alpha value is -3.22. The van der Waals surface area contributed by atoms with E-state index < -0.39 is 0 Å². The Kier molecular flexibility index (Phi) is 4.82. The number of anilines is 1. The Labute approximate surface area is 157 Å². The number of aryl methyl sites for hydroxylation is 1. The molecule has 2 heterocycles. The Morgan fingerprint density at radius 3 is 2.74 bits per heavy atom. The summed E-state index contributed by atoms with van der Waals surface area (Å²) in [6.45, 7) is 3.22. The van der Waals surface area contributed by atoms with Crippen molar-refractivity contribution < 1.29 is 9.32 Å². The molecular formula is C20H21N5O2. The van der Waals surface area contributed by atoms with Crippen molar-refractivity contribution in [2.45, 2.75) is 26.3 Å². The highest BCUT2D eigenvalue weighted by Crippen LogP contribution is 2.28. The number of benzene rings is 1. The molecule has 1 aliphatic rings. The summed E-state index contributed by atoms with van der Waals surface area (Å²) in [7, 11) is 0. The summed E-state index contributed by atoms with van der Waals surface area (Å²) < 4.78 is 5.21. The molecule has 2 aromatic heterocycles. The monoisotopic (exact) mass is 363 g/mol. The number of hydrogen-bond donors (Lipinski definition) is 2. The van der Waals surface area contributed by atoms with Gasteiger partial charge in [0, 0.05) is 24.8 Å². The maximum absolute atomic E-state index is 12.3. The molecule has 0 spiro atoms. The van der Waals surface area contributed by atoms with Crippen LogP contribution in [0.4, 0.5) is 5.95 Å². The van der Waals surface area contributed by atoms with Crippen LogP contribution in [-0.2, 0) is 6.54 Å². The van der Waals surface area contributed by atoms with Crippen molar-refractivity contribution in [2.75, 3.05) is 11.9 Å². The van der Waals surface area contributed by atoms with Crippen LogP contribution in [0.3, 0.4) is 0 Å². The first-order valence-corrected chi connectivity index (χ1v) is 9.06. The second kappa shape index (κ2) is 7.57. The molecule has 7 nitrogen and oxygen atoms in total. The summed E-state index contributed by atoms with van der Waals surface area (Å²) in [5.41, 5.74) is 2.99. The first-order valence-electron chi connectivity index (χ1n) is 9.06. The van der Waals surface area contributed by atoms with Gasteiger partial charge in [-0.25, -0.2) is 9.97 Å². The number of nitrogens with one attached hydrogen (secondary N) is 2. The normalized spacial score (nSPS) is 13.4. The predicted octanol–water partition coefficient (Wildman–Crippen LogP) is 3.19. The molecule has 1 aliphatic carbocycles. The van der Waals surface area contributed by atoms with Crippen molar-refractivity contribution in [1.29, 1.82) is 0 Å². The van der Waals surface area contributed by atoms with Gasteiger partial charge in [-0.15, -0.1) is 0 Å². The maximum Gasteiger partial charge on any atom is 0.290 e. The summed E-state index contributed by atoms with van der Waals surface area (Å²) in [5.74, 6) is 1.15. The third kappa shape index (κ3) is 4.49. The van der Waals surface area contributed by atoms with Gasteiger partial charge in [0.1, 0.15) is 5.69 Å². The fourth-order valence-electron chi connectivity index (χ4n) is 2.70. The van der Waals surface area contributed by atoms with Gasteiger partial charge in [-0.3, -0.25) is 4.79 Å². The van der Waals surface area contributed by atoms with Crippen LogP contribution in [0, 0.1) is 12.8 Å². The van der Waals surface area contributed by atoms with Gasteiger partial charge in [0.15, 0.2) is 0 Å². The number of nitrogens with zero attached hydrogens (tertiary/aromatic N) is 3. The molecule has 0 saturated heterocycles. The van der Waals surface area contributed by atoms with Crippen molar-refractivity contribution in [3.63, 3.8) is 0 Å². The van der Waals surface area contributed by atoms with Crippen LogP contribution in [0.1, 0.15) is 34.7 Å². The van der Waals surface area contributed by atoms with E-state index in [-0.39, 0.29) is 11.7 Å². The van der Waals surface area contributed by atoms with Gasteiger partial charge in [-0.1, -0.05) is 35.5 Å². The van der Waals surface area contributed by atoms with Crippen LogP contribution >= 0.6 is 0 Å². The van der Waals surface area contributed by atoms with Crippen LogP contribution in [0.25, 0.3) is 11.4 Å². The largest absolute Gasteiger partial charge is 0.354 e. The van der Waals surface area contributed by atoms with E-state index in [1.165, 1.54) is 12.8 Å². The lowest BCUT2D eigenvalue weighted by atomic mass is 10.2. The van der Waals surface area contributed by atoms with Gasteiger partial charge in [0.25, 0.3) is 5.91 Å². The van der Waals surface area contributed by atoms with Gasteiger partial charge < -0.3 is 15.2 Å². The first kappa shape index (κ1) is 17.2. The number of hydrogen-bond acceptors (Lipinski definition) is 6. The average molecular weight is 363 g/mol. The molecular weight excluding hydrogens is 342 g/mol. The van der Waals surface area contributed by atoms with E-state index in [4.69, 9.17) is 4.52 Å². The molecule has 0 atom stereocenters. The standard InChI is InChI=1S/C20H21N5O2/c1-13-9-16(24-20(23-13)22-12-15-7-8-15)17-10-18(27-25-17)19(26)21-11-14-5-3-2-4-6-14/h2-6,9-10,15H,7-8,11-12H2,1H3,(H,21,26)(H,22,23,24).